The molecule has 2 fully saturated rings. The van der Waals surface area contributed by atoms with Crippen molar-refractivity contribution >= 4 is 60.9 Å². The first kappa shape index (κ1) is 21.8. The van der Waals surface area contributed by atoms with Gasteiger partial charge in [0, 0.05) is 18.6 Å². The highest BCUT2D eigenvalue weighted by molar-refractivity contribution is 9.12. The Labute approximate surface area is 185 Å². The van der Waals surface area contributed by atoms with Crippen molar-refractivity contribution in [2.45, 2.75) is 58.0 Å². The molecular formula is C19H25Br2N3O3S. The van der Waals surface area contributed by atoms with Crippen molar-refractivity contribution in [1.29, 1.82) is 0 Å². The molecule has 1 aliphatic carbocycles. The van der Waals surface area contributed by atoms with Gasteiger partial charge in [0.05, 0.1) is 13.1 Å². The van der Waals surface area contributed by atoms with Crippen LogP contribution in [-0.4, -0.2) is 36.3 Å². The monoisotopic (exact) mass is 533 g/mol. The van der Waals surface area contributed by atoms with E-state index in [-0.39, 0.29) is 35.7 Å². The summed E-state index contributed by atoms with van der Waals surface area (Å²) < 4.78 is 1.65. The molecule has 1 aliphatic heterocycles. The van der Waals surface area contributed by atoms with Crippen molar-refractivity contribution in [2.75, 3.05) is 6.54 Å². The third kappa shape index (κ3) is 4.46. The normalized spacial score (nSPS) is 27.1. The van der Waals surface area contributed by atoms with Crippen LogP contribution in [-0.2, 0) is 9.59 Å². The summed E-state index contributed by atoms with van der Waals surface area (Å²) in [5, 5.41) is 8.97. The molecule has 3 rings (SSSR count). The van der Waals surface area contributed by atoms with E-state index in [2.05, 4.69) is 47.8 Å². The smallest absolute Gasteiger partial charge is 0.253 e. The highest BCUT2D eigenvalue weighted by Crippen LogP contribution is 2.36. The predicted octanol–water partition coefficient (Wildman–Crippen LogP) is 3.59. The van der Waals surface area contributed by atoms with E-state index >= 15 is 0 Å². The highest BCUT2D eigenvalue weighted by atomic mass is 79.9. The van der Waals surface area contributed by atoms with Crippen molar-refractivity contribution in [3.8, 4) is 0 Å². The molecular weight excluding hydrogens is 510 g/mol. The van der Waals surface area contributed by atoms with E-state index in [4.69, 9.17) is 0 Å². The van der Waals surface area contributed by atoms with Crippen molar-refractivity contribution in [3.05, 3.63) is 19.2 Å². The average molecular weight is 535 g/mol. The van der Waals surface area contributed by atoms with Crippen LogP contribution in [0, 0.1) is 11.3 Å². The zero-order chi connectivity index (χ0) is 20.5. The molecule has 1 saturated heterocycles. The summed E-state index contributed by atoms with van der Waals surface area (Å²) in [6.07, 6.45) is 3.58. The standard InChI is InChI=1S/C19H25Br2N3O3S/c1-10(2)9-19(6-7-22-17(19)26)18(27)24-13-5-3-4-12(13)23-16(25)11-8-14(20)28-15(11)21/h8,10,12-13H,3-7,9H2,1-2H3,(H,22,26)(H,23,25)(H,24,27)/t12-,13+,19?/m1/s1. The fraction of sp³-hybridized carbons (Fsp3) is 0.632. The van der Waals surface area contributed by atoms with Crippen LogP contribution in [0.4, 0.5) is 0 Å². The molecule has 0 spiro atoms. The molecule has 9 heteroatoms. The summed E-state index contributed by atoms with van der Waals surface area (Å²) in [5.41, 5.74) is -0.410. The molecule has 1 aromatic heterocycles. The Kier molecular flexibility index (Phi) is 6.87. The summed E-state index contributed by atoms with van der Waals surface area (Å²) in [4.78, 5) is 38.3. The van der Waals surface area contributed by atoms with Gasteiger partial charge in [-0.1, -0.05) is 13.8 Å². The van der Waals surface area contributed by atoms with Gasteiger partial charge in [-0.2, -0.15) is 0 Å². The zero-order valence-electron chi connectivity index (χ0n) is 15.9. The van der Waals surface area contributed by atoms with E-state index in [0.717, 1.165) is 26.8 Å². The molecule has 154 valence electrons. The molecule has 0 aromatic carbocycles. The number of carbonyl (C=O) groups excluding carboxylic acids is 3. The lowest BCUT2D eigenvalue weighted by Gasteiger charge is -2.30. The number of thiophene rings is 1. The van der Waals surface area contributed by atoms with Gasteiger partial charge in [0.25, 0.3) is 5.91 Å². The quantitative estimate of drug-likeness (QED) is 0.487. The van der Waals surface area contributed by atoms with Crippen LogP contribution < -0.4 is 16.0 Å². The number of hydrogen-bond donors (Lipinski definition) is 3. The fourth-order valence-corrected chi connectivity index (χ4v) is 7.02. The molecule has 0 bridgehead atoms. The molecule has 3 N–H and O–H groups in total. The minimum atomic E-state index is -0.993. The Balaban J connectivity index is 1.69. The Morgan fingerprint density at radius 2 is 1.96 bits per heavy atom. The van der Waals surface area contributed by atoms with Crippen molar-refractivity contribution in [3.63, 3.8) is 0 Å². The van der Waals surface area contributed by atoms with Gasteiger partial charge in [-0.25, -0.2) is 0 Å². The second-order valence-corrected chi connectivity index (χ2v) is 11.8. The first-order valence-corrected chi connectivity index (χ1v) is 12.0. The van der Waals surface area contributed by atoms with Gasteiger partial charge in [0.2, 0.25) is 11.8 Å². The van der Waals surface area contributed by atoms with Crippen LogP contribution in [0.1, 0.15) is 56.3 Å². The Bertz CT molecular complexity index is 782. The molecule has 3 atom stereocenters. The minimum absolute atomic E-state index is 0.136. The van der Waals surface area contributed by atoms with Crippen LogP contribution in [0.3, 0.4) is 0 Å². The third-order valence-electron chi connectivity index (χ3n) is 5.51. The topological polar surface area (TPSA) is 87.3 Å². The molecule has 0 radical (unpaired) electrons. The second-order valence-electron chi connectivity index (χ2n) is 8.01. The Morgan fingerprint density at radius 3 is 2.50 bits per heavy atom. The van der Waals surface area contributed by atoms with E-state index in [0.29, 0.717) is 24.9 Å². The molecule has 1 saturated carbocycles. The van der Waals surface area contributed by atoms with Crippen molar-refractivity contribution < 1.29 is 14.4 Å². The maximum atomic E-state index is 13.1. The summed E-state index contributed by atoms with van der Waals surface area (Å²) in [6.45, 7) is 4.58. The maximum Gasteiger partial charge on any atom is 0.253 e. The van der Waals surface area contributed by atoms with Gasteiger partial charge < -0.3 is 16.0 Å². The number of amides is 3. The number of nitrogens with one attached hydrogen (secondary N) is 3. The molecule has 3 amide bonds. The van der Waals surface area contributed by atoms with E-state index in [1.54, 1.807) is 6.07 Å². The second kappa shape index (κ2) is 8.83. The lowest BCUT2D eigenvalue weighted by molar-refractivity contribution is -0.142. The maximum absolute atomic E-state index is 13.1. The van der Waals surface area contributed by atoms with E-state index in [9.17, 15) is 14.4 Å². The van der Waals surface area contributed by atoms with Gasteiger partial charge in [0.15, 0.2) is 0 Å². The average Bonchev–Trinajstić information content (AvgIpc) is 3.28. The van der Waals surface area contributed by atoms with Crippen LogP contribution in [0.5, 0.6) is 0 Å². The van der Waals surface area contributed by atoms with Crippen LogP contribution in [0.2, 0.25) is 0 Å². The lowest BCUT2D eigenvalue weighted by atomic mass is 9.77. The van der Waals surface area contributed by atoms with Crippen LogP contribution in [0.25, 0.3) is 0 Å². The summed E-state index contributed by atoms with van der Waals surface area (Å²) in [5.74, 6) is -0.301. The van der Waals surface area contributed by atoms with Crippen molar-refractivity contribution in [2.24, 2.45) is 11.3 Å². The minimum Gasteiger partial charge on any atom is -0.355 e. The molecule has 1 aromatic rings. The summed E-state index contributed by atoms with van der Waals surface area (Å²) in [6, 6.07) is 1.49. The van der Waals surface area contributed by atoms with E-state index < -0.39 is 5.41 Å². The van der Waals surface area contributed by atoms with Crippen molar-refractivity contribution in [1.82, 2.24) is 16.0 Å². The molecule has 1 unspecified atom stereocenters. The first-order chi connectivity index (χ1) is 13.2. The lowest BCUT2D eigenvalue weighted by Crippen LogP contribution is -2.54. The molecule has 2 aliphatic rings. The van der Waals surface area contributed by atoms with E-state index in [1.807, 2.05) is 13.8 Å². The number of halogens is 2. The predicted molar refractivity (Wildman–Crippen MR) is 116 cm³/mol. The zero-order valence-corrected chi connectivity index (χ0v) is 19.9. The molecule has 28 heavy (non-hydrogen) atoms. The van der Waals surface area contributed by atoms with E-state index in [1.165, 1.54) is 11.3 Å². The first-order valence-electron chi connectivity index (χ1n) is 9.58. The summed E-state index contributed by atoms with van der Waals surface area (Å²) in [7, 11) is 0. The molecule has 2 heterocycles. The van der Waals surface area contributed by atoms with Gasteiger partial charge in [-0.15, -0.1) is 11.3 Å². The Morgan fingerprint density at radius 1 is 1.29 bits per heavy atom. The summed E-state index contributed by atoms with van der Waals surface area (Å²) >= 11 is 8.26. The largest absolute Gasteiger partial charge is 0.355 e. The Hall–Kier alpha value is -0.930. The SMILES string of the molecule is CC(C)CC1(C(=O)N[C@H]2CCC[C@H]2NC(=O)c2cc(Br)sc2Br)CCNC1=O. The number of rotatable bonds is 6. The fourth-order valence-electron chi connectivity index (χ4n) is 4.23. The van der Waals surface area contributed by atoms with Gasteiger partial charge in [0.1, 0.15) is 5.41 Å². The molecule has 6 nitrogen and oxygen atoms in total. The number of hydrogen-bond acceptors (Lipinski definition) is 4. The van der Waals surface area contributed by atoms with Gasteiger partial charge >= 0.3 is 0 Å². The van der Waals surface area contributed by atoms with Gasteiger partial charge in [-0.05, 0) is 75.9 Å². The highest BCUT2D eigenvalue weighted by Gasteiger charge is 2.50. The van der Waals surface area contributed by atoms with Gasteiger partial charge in [-0.3, -0.25) is 14.4 Å². The van der Waals surface area contributed by atoms with Crippen LogP contribution in [0.15, 0.2) is 13.6 Å². The third-order valence-corrected chi connectivity index (χ3v) is 7.85. The number of carbonyl (C=O) groups is 3. The van der Waals surface area contributed by atoms with Crippen LogP contribution >= 0.6 is 43.2 Å².